The minimum absolute atomic E-state index is 0.0693. The zero-order valence-electron chi connectivity index (χ0n) is 51.6. The zero-order valence-corrected chi connectivity index (χ0v) is 51.6. The number of hydrogen-bond donors (Lipinski definition) is 0. The quantitative estimate of drug-likeness (QED) is 0.0261. The van der Waals surface area contributed by atoms with E-state index in [4.69, 9.17) is 14.2 Å². The fraction of sp³-hybridized carbons (Fsp3) is 0.900. The van der Waals surface area contributed by atoms with Crippen LogP contribution >= 0.6 is 0 Å². The van der Waals surface area contributed by atoms with Crippen LogP contribution < -0.4 is 0 Å². The van der Waals surface area contributed by atoms with E-state index < -0.39 is 6.10 Å². The Bertz CT molecular complexity index is 1230. The Balaban J connectivity index is 4.25. The van der Waals surface area contributed by atoms with Gasteiger partial charge in [0.25, 0.3) is 0 Å². The lowest BCUT2D eigenvalue weighted by Gasteiger charge is -2.18. The molecule has 0 saturated heterocycles. The lowest BCUT2D eigenvalue weighted by atomic mass is 10.0. The average Bonchev–Trinajstić information content (AvgIpc) is 3.42. The molecule has 0 aromatic rings. The van der Waals surface area contributed by atoms with Gasteiger partial charge >= 0.3 is 17.9 Å². The van der Waals surface area contributed by atoms with E-state index in [9.17, 15) is 14.4 Å². The third-order valence-corrected chi connectivity index (χ3v) is 15.7. The Hall–Kier alpha value is -2.11. The van der Waals surface area contributed by atoms with Crippen LogP contribution in [0, 0.1) is 0 Å². The van der Waals surface area contributed by atoms with Gasteiger partial charge in [0.1, 0.15) is 13.2 Å². The van der Waals surface area contributed by atoms with Crippen molar-refractivity contribution in [1.82, 2.24) is 0 Å². The van der Waals surface area contributed by atoms with Crippen molar-refractivity contribution in [2.24, 2.45) is 0 Å². The highest BCUT2D eigenvalue weighted by Gasteiger charge is 2.19. The van der Waals surface area contributed by atoms with E-state index in [1.54, 1.807) is 0 Å². The number of esters is 3. The molecule has 0 amide bonds. The van der Waals surface area contributed by atoms with Crippen LogP contribution in [0.2, 0.25) is 0 Å². The number of allylic oxidation sites excluding steroid dienone is 4. The Morgan fingerprint density at radius 3 is 0.737 bits per heavy atom. The molecule has 0 bridgehead atoms. The molecule has 0 N–H and O–H groups in total. The molecule has 0 aromatic heterocycles. The van der Waals surface area contributed by atoms with Gasteiger partial charge in [-0.1, -0.05) is 340 Å². The third-order valence-electron chi connectivity index (χ3n) is 15.7. The minimum atomic E-state index is -0.774. The van der Waals surface area contributed by atoms with E-state index >= 15 is 0 Å². The van der Waals surface area contributed by atoms with Gasteiger partial charge < -0.3 is 14.2 Å². The molecular weight excluding hydrogens is 937 g/mol. The van der Waals surface area contributed by atoms with Gasteiger partial charge in [0.15, 0.2) is 6.10 Å². The molecule has 0 saturated carbocycles. The van der Waals surface area contributed by atoms with Crippen LogP contribution in [0.25, 0.3) is 0 Å². The van der Waals surface area contributed by atoms with Crippen LogP contribution in [0.3, 0.4) is 0 Å². The van der Waals surface area contributed by atoms with Gasteiger partial charge in [0, 0.05) is 19.3 Å². The minimum Gasteiger partial charge on any atom is -0.462 e. The van der Waals surface area contributed by atoms with Crippen molar-refractivity contribution in [3.8, 4) is 0 Å². The second-order valence-electron chi connectivity index (χ2n) is 23.5. The first-order valence-electron chi connectivity index (χ1n) is 34.3. The van der Waals surface area contributed by atoms with Crippen LogP contribution in [-0.2, 0) is 28.6 Å². The van der Waals surface area contributed by atoms with Crippen LogP contribution in [0.4, 0.5) is 0 Å². The Labute approximate surface area is 474 Å². The first-order valence-corrected chi connectivity index (χ1v) is 34.3. The number of carbonyl (C=O) groups is 3. The van der Waals surface area contributed by atoms with Crippen molar-refractivity contribution in [1.29, 1.82) is 0 Å². The van der Waals surface area contributed by atoms with E-state index in [0.29, 0.717) is 19.3 Å². The molecular formula is C70H132O6. The molecule has 1 unspecified atom stereocenters. The summed E-state index contributed by atoms with van der Waals surface area (Å²) in [7, 11) is 0. The van der Waals surface area contributed by atoms with E-state index in [1.807, 2.05) is 0 Å². The van der Waals surface area contributed by atoms with Crippen molar-refractivity contribution in [2.45, 2.75) is 393 Å². The largest absolute Gasteiger partial charge is 0.462 e. The highest BCUT2D eigenvalue weighted by Crippen LogP contribution is 2.19. The van der Waals surface area contributed by atoms with Crippen molar-refractivity contribution in [3.63, 3.8) is 0 Å². The smallest absolute Gasteiger partial charge is 0.306 e. The SMILES string of the molecule is CCCCCC/C=C\C/C=C\CCCCCCCC(=O)OCC(COC(=O)CCCCCCCCCCCCCCCCCCCCCCCCCCC)OC(=O)CCCCCCCCCCCCCCCCCCC. The highest BCUT2D eigenvalue weighted by atomic mass is 16.6. The molecule has 0 radical (unpaired) electrons. The van der Waals surface area contributed by atoms with E-state index in [1.165, 1.54) is 270 Å². The summed E-state index contributed by atoms with van der Waals surface area (Å²) in [5, 5.41) is 0. The summed E-state index contributed by atoms with van der Waals surface area (Å²) in [6.45, 7) is 6.69. The summed E-state index contributed by atoms with van der Waals surface area (Å²) in [4.78, 5) is 38.4. The van der Waals surface area contributed by atoms with Crippen LogP contribution in [0.1, 0.15) is 387 Å². The van der Waals surface area contributed by atoms with Crippen molar-refractivity contribution >= 4 is 17.9 Å². The number of carbonyl (C=O) groups excluding carboxylic acids is 3. The molecule has 0 aromatic carbocycles. The molecule has 0 aliphatic heterocycles. The number of unbranched alkanes of at least 4 members (excludes halogenated alkanes) is 49. The molecule has 6 nitrogen and oxygen atoms in total. The highest BCUT2D eigenvalue weighted by molar-refractivity contribution is 5.71. The van der Waals surface area contributed by atoms with E-state index in [2.05, 4.69) is 45.1 Å². The second kappa shape index (κ2) is 65.4. The molecule has 0 spiro atoms. The van der Waals surface area contributed by atoms with Gasteiger partial charge in [0.2, 0.25) is 0 Å². The van der Waals surface area contributed by atoms with Crippen LogP contribution in [-0.4, -0.2) is 37.2 Å². The second-order valence-corrected chi connectivity index (χ2v) is 23.5. The molecule has 0 fully saturated rings. The summed E-state index contributed by atoms with van der Waals surface area (Å²) in [6.07, 6.45) is 79.1. The van der Waals surface area contributed by atoms with Crippen molar-refractivity contribution < 1.29 is 28.6 Å². The molecule has 448 valence electrons. The predicted octanol–water partition coefficient (Wildman–Crippen LogP) is 23.4. The Morgan fingerprint density at radius 2 is 0.474 bits per heavy atom. The molecule has 6 heteroatoms. The Kier molecular flexibility index (Phi) is 63.6. The number of hydrogen-bond acceptors (Lipinski definition) is 6. The number of ether oxygens (including phenoxy) is 3. The van der Waals surface area contributed by atoms with E-state index in [0.717, 1.165) is 77.0 Å². The van der Waals surface area contributed by atoms with Crippen LogP contribution in [0.15, 0.2) is 24.3 Å². The molecule has 1 atom stereocenters. The summed E-state index contributed by atoms with van der Waals surface area (Å²) in [6, 6.07) is 0. The maximum atomic E-state index is 12.9. The van der Waals surface area contributed by atoms with Gasteiger partial charge in [-0.3, -0.25) is 14.4 Å². The lowest BCUT2D eigenvalue weighted by molar-refractivity contribution is -0.167. The normalized spacial score (nSPS) is 12.1. The maximum absolute atomic E-state index is 12.9. The van der Waals surface area contributed by atoms with Gasteiger partial charge in [-0.2, -0.15) is 0 Å². The maximum Gasteiger partial charge on any atom is 0.306 e. The monoisotopic (exact) mass is 1070 g/mol. The zero-order chi connectivity index (χ0) is 55.0. The fourth-order valence-electron chi connectivity index (χ4n) is 10.5. The topological polar surface area (TPSA) is 78.9 Å². The summed E-state index contributed by atoms with van der Waals surface area (Å²) in [5.41, 5.74) is 0. The summed E-state index contributed by atoms with van der Waals surface area (Å²) in [5.74, 6) is -0.852. The summed E-state index contributed by atoms with van der Waals surface area (Å²) >= 11 is 0. The lowest BCUT2D eigenvalue weighted by Crippen LogP contribution is -2.30. The van der Waals surface area contributed by atoms with E-state index in [-0.39, 0.29) is 31.1 Å². The summed E-state index contributed by atoms with van der Waals surface area (Å²) < 4.78 is 17.0. The molecule has 76 heavy (non-hydrogen) atoms. The average molecular weight is 1070 g/mol. The fourth-order valence-corrected chi connectivity index (χ4v) is 10.5. The molecule has 0 rings (SSSR count). The third kappa shape index (κ3) is 62.7. The molecule has 0 aliphatic rings. The number of rotatable bonds is 64. The van der Waals surface area contributed by atoms with Crippen molar-refractivity contribution in [3.05, 3.63) is 24.3 Å². The Morgan fingerprint density at radius 1 is 0.263 bits per heavy atom. The standard InChI is InChI=1S/C70H132O6/c1-4-7-10-13-16-19-22-25-28-31-32-33-34-35-36-37-38-40-42-45-48-51-54-57-60-63-69(72)75-66-67(65-74-68(71)62-59-56-53-50-47-44-41-30-27-24-21-18-15-12-9-6-3)76-70(73)64-61-58-55-52-49-46-43-39-29-26-23-20-17-14-11-8-5-2/h21,24,30,41,67H,4-20,22-23,25-29,31-40,42-66H2,1-3H3/b24-21-,41-30-. The molecule has 0 heterocycles. The van der Waals surface area contributed by atoms with Gasteiger partial charge in [-0.05, 0) is 51.4 Å². The van der Waals surface area contributed by atoms with Crippen LogP contribution in [0.5, 0.6) is 0 Å². The van der Waals surface area contributed by atoms with Gasteiger partial charge in [0.05, 0.1) is 0 Å². The predicted molar refractivity (Wildman–Crippen MR) is 330 cm³/mol. The first kappa shape index (κ1) is 73.9. The van der Waals surface area contributed by atoms with Gasteiger partial charge in [-0.15, -0.1) is 0 Å². The first-order chi connectivity index (χ1) is 37.5. The van der Waals surface area contributed by atoms with Gasteiger partial charge in [-0.25, -0.2) is 0 Å². The van der Waals surface area contributed by atoms with Crippen molar-refractivity contribution in [2.75, 3.05) is 13.2 Å². The molecule has 0 aliphatic carbocycles.